The average Bonchev–Trinajstić information content (AvgIpc) is 3.11. The highest BCUT2D eigenvalue weighted by Gasteiger charge is 2.18. The highest BCUT2D eigenvalue weighted by atomic mass is 32.1. The lowest BCUT2D eigenvalue weighted by molar-refractivity contribution is 0.402. The number of nitrogens with one attached hydrogen (secondary N) is 1. The summed E-state index contributed by atoms with van der Waals surface area (Å²) < 4.78 is 7.43. The minimum atomic E-state index is 0.291. The van der Waals surface area contributed by atoms with E-state index in [9.17, 15) is 0 Å². The molecule has 0 saturated carbocycles. The average molecular weight is 293 g/mol. The third-order valence-corrected chi connectivity index (χ3v) is 4.30. The normalized spacial score (nSPS) is 12.6. The van der Waals surface area contributed by atoms with Gasteiger partial charge in [-0.3, -0.25) is 4.68 Å². The molecule has 0 saturated heterocycles. The molecule has 1 N–H and O–H groups in total. The highest BCUT2D eigenvalue weighted by Crippen LogP contribution is 2.32. The number of thiophene rings is 1. The van der Waals surface area contributed by atoms with E-state index in [1.807, 2.05) is 16.9 Å². The fraction of sp³-hybridized carbons (Fsp3) is 0.533. The van der Waals surface area contributed by atoms with Gasteiger partial charge < -0.3 is 10.1 Å². The topological polar surface area (TPSA) is 39.1 Å². The third kappa shape index (κ3) is 3.61. The van der Waals surface area contributed by atoms with Gasteiger partial charge in [0.2, 0.25) is 0 Å². The molecule has 0 aliphatic heterocycles. The Labute approximate surface area is 124 Å². The van der Waals surface area contributed by atoms with Crippen molar-refractivity contribution in [1.82, 2.24) is 15.1 Å². The van der Waals surface area contributed by atoms with Gasteiger partial charge in [0.25, 0.3) is 0 Å². The van der Waals surface area contributed by atoms with Crippen molar-refractivity contribution in [1.29, 1.82) is 0 Å². The van der Waals surface area contributed by atoms with Crippen molar-refractivity contribution in [2.45, 2.75) is 39.3 Å². The summed E-state index contributed by atoms with van der Waals surface area (Å²) in [5.74, 6) is 0.978. The van der Waals surface area contributed by atoms with E-state index in [4.69, 9.17) is 4.74 Å². The van der Waals surface area contributed by atoms with Crippen LogP contribution in [0.15, 0.2) is 23.8 Å². The molecule has 2 aromatic heterocycles. The molecule has 0 aliphatic rings. The van der Waals surface area contributed by atoms with Gasteiger partial charge in [-0.1, -0.05) is 6.92 Å². The molecule has 0 amide bonds. The van der Waals surface area contributed by atoms with Crippen molar-refractivity contribution in [2.75, 3.05) is 13.7 Å². The lowest BCUT2D eigenvalue weighted by Crippen LogP contribution is -2.23. The van der Waals surface area contributed by atoms with Crippen molar-refractivity contribution in [3.05, 3.63) is 34.3 Å². The van der Waals surface area contributed by atoms with Crippen molar-refractivity contribution < 1.29 is 4.74 Å². The predicted octanol–water partition coefficient (Wildman–Crippen LogP) is 3.26. The molecule has 110 valence electrons. The SMILES string of the molecule is CCCNC(Cc1cnn(CC)c1)c1sccc1OC. The minimum Gasteiger partial charge on any atom is -0.496 e. The number of aryl methyl sites for hydroxylation is 1. The number of aromatic nitrogens is 2. The molecule has 2 heterocycles. The van der Waals surface area contributed by atoms with Crippen molar-refractivity contribution >= 4 is 11.3 Å². The van der Waals surface area contributed by atoms with Crippen LogP contribution < -0.4 is 10.1 Å². The molecule has 0 bridgehead atoms. The van der Waals surface area contributed by atoms with Gasteiger partial charge in [-0.05, 0) is 43.3 Å². The van der Waals surface area contributed by atoms with Gasteiger partial charge in [0.1, 0.15) is 5.75 Å². The summed E-state index contributed by atoms with van der Waals surface area (Å²) in [5.41, 5.74) is 1.26. The number of ether oxygens (including phenoxy) is 1. The van der Waals surface area contributed by atoms with Crippen LogP contribution in [0.2, 0.25) is 0 Å². The Morgan fingerprint density at radius 2 is 2.30 bits per heavy atom. The first-order chi connectivity index (χ1) is 9.78. The molecule has 0 fully saturated rings. The molecule has 1 unspecified atom stereocenters. The zero-order chi connectivity index (χ0) is 14.4. The van der Waals surface area contributed by atoms with E-state index < -0.39 is 0 Å². The van der Waals surface area contributed by atoms with Gasteiger partial charge in [0.15, 0.2) is 0 Å². The van der Waals surface area contributed by atoms with Gasteiger partial charge in [0, 0.05) is 18.8 Å². The largest absolute Gasteiger partial charge is 0.496 e. The fourth-order valence-electron chi connectivity index (χ4n) is 2.23. The minimum absolute atomic E-state index is 0.291. The molecule has 0 aromatic carbocycles. The van der Waals surface area contributed by atoms with Crippen LogP contribution in [0.3, 0.4) is 0 Å². The van der Waals surface area contributed by atoms with Crippen LogP contribution in [0.4, 0.5) is 0 Å². The van der Waals surface area contributed by atoms with Crippen LogP contribution in [0.25, 0.3) is 0 Å². The van der Waals surface area contributed by atoms with Crippen LogP contribution in [0, 0.1) is 0 Å². The monoisotopic (exact) mass is 293 g/mol. The van der Waals surface area contributed by atoms with Gasteiger partial charge in [-0.25, -0.2) is 0 Å². The van der Waals surface area contributed by atoms with E-state index in [0.717, 1.165) is 31.7 Å². The van der Waals surface area contributed by atoms with Crippen LogP contribution in [-0.4, -0.2) is 23.4 Å². The first-order valence-electron chi connectivity index (χ1n) is 7.14. The van der Waals surface area contributed by atoms with Crippen LogP contribution in [-0.2, 0) is 13.0 Å². The molecule has 2 rings (SSSR count). The molecule has 2 aromatic rings. The first kappa shape index (κ1) is 15.1. The van der Waals surface area contributed by atoms with Crippen molar-refractivity contribution in [3.63, 3.8) is 0 Å². The predicted molar refractivity (Wildman–Crippen MR) is 83.5 cm³/mol. The maximum Gasteiger partial charge on any atom is 0.134 e. The fourth-order valence-corrected chi connectivity index (χ4v) is 3.17. The number of rotatable bonds is 8. The van der Waals surface area contributed by atoms with Crippen LogP contribution in [0.5, 0.6) is 5.75 Å². The van der Waals surface area contributed by atoms with Crippen molar-refractivity contribution in [3.8, 4) is 5.75 Å². The highest BCUT2D eigenvalue weighted by molar-refractivity contribution is 7.10. The second kappa shape index (κ2) is 7.45. The van der Waals surface area contributed by atoms with Gasteiger partial charge in [-0.15, -0.1) is 11.3 Å². The lowest BCUT2D eigenvalue weighted by Gasteiger charge is -2.18. The number of nitrogens with zero attached hydrogens (tertiary/aromatic N) is 2. The number of hydrogen-bond donors (Lipinski definition) is 1. The molecular formula is C15H23N3OS. The Hall–Kier alpha value is -1.33. The molecule has 0 spiro atoms. The molecule has 20 heavy (non-hydrogen) atoms. The second-order valence-electron chi connectivity index (χ2n) is 4.77. The van der Waals surface area contributed by atoms with Gasteiger partial charge in [-0.2, -0.15) is 5.10 Å². The summed E-state index contributed by atoms with van der Waals surface area (Å²) in [6, 6.07) is 2.33. The molecule has 1 atom stereocenters. The molecule has 0 radical (unpaired) electrons. The quantitative estimate of drug-likeness (QED) is 0.812. The first-order valence-corrected chi connectivity index (χ1v) is 8.02. The zero-order valence-electron chi connectivity index (χ0n) is 12.4. The zero-order valence-corrected chi connectivity index (χ0v) is 13.2. The second-order valence-corrected chi connectivity index (χ2v) is 5.72. The lowest BCUT2D eigenvalue weighted by atomic mass is 10.1. The van der Waals surface area contributed by atoms with E-state index in [2.05, 4.69) is 35.8 Å². The number of methoxy groups -OCH3 is 1. The summed E-state index contributed by atoms with van der Waals surface area (Å²) in [6.45, 7) is 6.21. The molecule has 5 heteroatoms. The smallest absolute Gasteiger partial charge is 0.134 e. The van der Waals surface area contributed by atoms with E-state index >= 15 is 0 Å². The summed E-state index contributed by atoms with van der Waals surface area (Å²) in [6.07, 6.45) is 6.15. The third-order valence-electron chi connectivity index (χ3n) is 3.28. The summed E-state index contributed by atoms with van der Waals surface area (Å²) in [7, 11) is 1.73. The summed E-state index contributed by atoms with van der Waals surface area (Å²) in [4.78, 5) is 1.27. The summed E-state index contributed by atoms with van der Waals surface area (Å²) in [5, 5.41) is 10.1. The number of hydrogen-bond acceptors (Lipinski definition) is 4. The molecule has 4 nitrogen and oxygen atoms in total. The van der Waals surface area contributed by atoms with E-state index in [1.165, 1.54) is 10.4 Å². The Bertz CT molecular complexity index is 521. The molecular weight excluding hydrogens is 270 g/mol. The standard InChI is InChI=1S/C15H23N3OS/c1-4-7-16-13(15-14(19-3)6-8-20-15)9-12-10-17-18(5-2)11-12/h6,8,10-11,13,16H,4-5,7,9H2,1-3H3. The summed E-state index contributed by atoms with van der Waals surface area (Å²) >= 11 is 1.75. The Balaban J connectivity index is 2.14. The molecule has 0 aliphatic carbocycles. The maximum atomic E-state index is 5.46. The van der Waals surface area contributed by atoms with Crippen LogP contribution >= 0.6 is 11.3 Å². The Kier molecular flexibility index (Phi) is 5.61. The van der Waals surface area contributed by atoms with E-state index in [-0.39, 0.29) is 0 Å². The van der Waals surface area contributed by atoms with Gasteiger partial charge in [0.05, 0.1) is 18.2 Å². The van der Waals surface area contributed by atoms with Gasteiger partial charge >= 0.3 is 0 Å². The van der Waals surface area contributed by atoms with Crippen LogP contribution in [0.1, 0.15) is 36.8 Å². The van der Waals surface area contributed by atoms with E-state index in [0.29, 0.717) is 6.04 Å². The van der Waals surface area contributed by atoms with E-state index in [1.54, 1.807) is 18.4 Å². The Morgan fingerprint density at radius 3 is 2.95 bits per heavy atom. The maximum absolute atomic E-state index is 5.46. The Morgan fingerprint density at radius 1 is 1.45 bits per heavy atom. The van der Waals surface area contributed by atoms with Crippen molar-refractivity contribution in [2.24, 2.45) is 0 Å².